The molecule has 1 aliphatic carbocycles. The van der Waals surface area contributed by atoms with E-state index in [1.165, 1.54) is 43.7 Å². The molecule has 3 amide bonds. The van der Waals surface area contributed by atoms with Crippen molar-refractivity contribution in [1.29, 1.82) is 0 Å². The van der Waals surface area contributed by atoms with Gasteiger partial charge in [0.05, 0.1) is 30.1 Å². The van der Waals surface area contributed by atoms with Gasteiger partial charge < -0.3 is 25.4 Å². The number of nitrogens with one attached hydrogen (secondary N) is 3. The number of amides is 3. The van der Waals surface area contributed by atoms with Gasteiger partial charge in [-0.15, -0.1) is 0 Å². The topological polar surface area (TPSA) is 106 Å². The average molecular weight is 622 g/mol. The Labute approximate surface area is 262 Å². The quantitative estimate of drug-likeness (QED) is 0.206. The van der Waals surface area contributed by atoms with Gasteiger partial charge in [0.1, 0.15) is 0 Å². The predicted molar refractivity (Wildman–Crippen MR) is 170 cm³/mol. The van der Waals surface area contributed by atoms with Gasteiger partial charge in [-0.2, -0.15) is 0 Å². The lowest BCUT2D eigenvalue weighted by atomic mass is 10.0. The van der Waals surface area contributed by atoms with Gasteiger partial charge in [0.15, 0.2) is 17.7 Å². The van der Waals surface area contributed by atoms with Crippen LogP contribution >= 0.6 is 0 Å². The van der Waals surface area contributed by atoms with E-state index < -0.39 is 47.3 Å². The number of aryl methyl sites for hydroxylation is 2. The molecule has 0 aromatic heterocycles. The fourth-order valence-corrected chi connectivity index (χ4v) is 5.33. The molecule has 240 valence electrons. The number of ether oxygens (including phenoxy) is 2. The molecule has 1 fully saturated rings. The Hall–Kier alpha value is -4.31. The van der Waals surface area contributed by atoms with Crippen molar-refractivity contribution in [3.63, 3.8) is 0 Å². The third kappa shape index (κ3) is 8.88. The SMILES string of the molecule is COC(=O)[C@@H](NC(=O)c1ccc(-c2ccc(F)c(F)c2)cc1NC(=O)Nc1c(C)cc(CC2CC2)cc1C)[C@@H](C)OC(C)(C)C. The number of halogens is 2. The maximum absolute atomic E-state index is 14.1. The zero-order valence-electron chi connectivity index (χ0n) is 26.8. The van der Waals surface area contributed by atoms with Crippen LogP contribution in [0.3, 0.4) is 0 Å². The molecule has 4 rings (SSSR count). The molecule has 2 atom stereocenters. The van der Waals surface area contributed by atoms with Crippen LogP contribution in [-0.2, 0) is 20.7 Å². The number of esters is 1. The van der Waals surface area contributed by atoms with Crippen LogP contribution in [0.2, 0.25) is 0 Å². The van der Waals surface area contributed by atoms with Gasteiger partial charge in [0.2, 0.25) is 0 Å². The number of carbonyl (C=O) groups excluding carboxylic acids is 3. The molecule has 0 bridgehead atoms. The van der Waals surface area contributed by atoms with E-state index >= 15 is 0 Å². The van der Waals surface area contributed by atoms with Crippen molar-refractivity contribution in [2.75, 3.05) is 17.7 Å². The van der Waals surface area contributed by atoms with E-state index in [0.717, 1.165) is 35.6 Å². The second-order valence-electron chi connectivity index (χ2n) is 12.6. The van der Waals surface area contributed by atoms with E-state index in [2.05, 4.69) is 28.1 Å². The largest absolute Gasteiger partial charge is 0.467 e. The lowest BCUT2D eigenvalue weighted by molar-refractivity contribution is -0.150. The normalized spacial score (nSPS) is 14.3. The Morgan fingerprint density at radius 1 is 0.911 bits per heavy atom. The van der Waals surface area contributed by atoms with Crippen LogP contribution in [0.15, 0.2) is 48.5 Å². The molecule has 3 aromatic rings. The Morgan fingerprint density at radius 2 is 1.53 bits per heavy atom. The molecule has 1 saturated carbocycles. The molecule has 0 spiro atoms. The number of hydrogen-bond acceptors (Lipinski definition) is 5. The Kier molecular flexibility index (Phi) is 10.3. The zero-order chi connectivity index (χ0) is 33.1. The molecule has 3 aromatic carbocycles. The fraction of sp³-hybridized carbons (Fsp3) is 0.400. The highest BCUT2D eigenvalue weighted by Crippen LogP contribution is 2.34. The van der Waals surface area contributed by atoms with Gasteiger partial charge in [-0.05, 0) is 119 Å². The second-order valence-corrected chi connectivity index (χ2v) is 12.6. The number of anilines is 2. The van der Waals surface area contributed by atoms with Crippen molar-refractivity contribution < 1.29 is 32.6 Å². The van der Waals surface area contributed by atoms with Gasteiger partial charge in [0.25, 0.3) is 5.91 Å². The zero-order valence-corrected chi connectivity index (χ0v) is 26.8. The van der Waals surface area contributed by atoms with Gasteiger partial charge >= 0.3 is 12.0 Å². The van der Waals surface area contributed by atoms with Crippen molar-refractivity contribution in [3.05, 3.63) is 82.4 Å². The first-order valence-corrected chi connectivity index (χ1v) is 15.0. The standard InChI is InChI=1S/C35H41F2N3O5/c1-19-14-23(16-22-8-9-22)15-20(2)30(19)40-34(43)38-29-18-25(24-11-13-27(36)28(37)17-24)10-12-26(29)32(41)39-31(33(42)44-7)21(3)45-35(4,5)6/h10-15,17-18,21-22,31H,8-9,16H2,1-7H3,(H,39,41)(H2,38,40,43)/t21-,31+/m1/s1. The van der Waals surface area contributed by atoms with Gasteiger partial charge in [-0.1, -0.05) is 24.3 Å². The molecule has 0 heterocycles. The summed E-state index contributed by atoms with van der Waals surface area (Å²) in [6.45, 7) is 11.0. The minimum atomic E-state index is -1.16. The highest BCUT2D eigenvalue weighted by atomic mass is 19.2. The van der Waals surface area contributed by atoms with Gasteiger partial charge in [-0.25, -0.2) is 18.4 Å². The Morgan fingerprint density at radius 3 is 2.11 bits per heavy atom. The van der Waals surface area contributed by atoms with Crippen LogP contribution in [0.4, 0.5) is 25.0 Å². The molecule has 3 N–H and O–H groups in total. The molecular formula is C35H41F2N3O5. The third-order valence-corrected chi connectivity index (χ3v) is 7.57. The van der Waals surface area contributed by atoms with Crippen LogP contribution in [0, 0.1) is 31.4 Å². The minimum Gasteiger partial charge on any atom is -0.467 e. The molecule has 45 heavy (non-hydrogen) atoms. The second kappa shape index (κ2) is 13.8. The van der Waals surface area contributed by atoms with Crippen molar-refractivity contribution >= 4 is 29.3 Å². The smallest absolute Gasteiger partial charge is 0.331 e. The molecule has 0 aliphatic heterocycles. The first-order chi connectivity index (χ1) is 21.1. The van der Waals surface area contributed by atoms with Gasteiger partial charge in [0, 0.05) is 5.69 Å². The van der Waals surface area contributed by atoms with E-state index in [4.69, 9.17) is 9.47 Å². The van der Waals surface area contributed by atoms with E-state index in [9.17, 15) is 23.2 Å². The van der Waals surface area contributed by atoms with E-state index in [1.807, 2.05) is 34.6 Å². The Bertz CT molecular complexity index is 1570. The number of rotatable bonds is 10. The van der Waals surface area contributed by atoms with E-state index in [-0.39, 0.29) is 11.3 Å². The number of methoxy groups -OCH3 is 1. The summed E-state index contributed by atoms with van der Waals surface area (Å²) >= 11 is 0. The van der Waals surface area contributed by atoms with Crippen LogP contribution in [-0.4, -0.2) is 42.8 Å². The van der Waals surface area contributed by atoms with Gasteiger partial charge in [-0.3, -0.25) is 4.79 Å². The summed E-state index contributed by atoms with van der Waals surface area (Å²) in [4.78, 5) is 39.7. The third-order valence-electron chi connectivity index (χ3n) is 7.57. The summed E-state index contributed by atoms with van der Waals surface area (Å²) in [6, 6.07) is 10.3. The van der Waals surface area contributed by atoms with Crippen molar-refractivity contribution in [2.24, 2.45) is 5.92 Å². The summed E-state index contributed by atoms with van der Waals surface area (Å²) < 4.78 is 38.5. The lowest BCUT2D eigenvalue weighted by Gasteiger charge is -2.30. The average Bonchev–Trinajstić information content (AvgIpc) is 3.77. The molecule has 0 radical (unpaired) electrons. The predicted octanol–water partition coefficient (Wildman–Crippen LogP) is 7.32. The summed E-state index contributed by atoms with van der Waals surface area (Å²) in [5.74, 6) is -2.70. The summed E-state index contributed by atoms with van der Waals surface area (Å²) in [5, 5.41) is 8.31. The molecular weight excluding hydrogens is 580 g/mol. The maximum Gasteiger partial charge on any atom is 0.331 e. The van der Waals surface area contributed by atoms with E-state index in [1.54, 1.807) is 13.0 Å². The van der Waals surface area contributed by atoms with E-state index in [0.29, 0.717) is 16.8 Å². The summed E-state index contributed by atoms with van der Waals surface area (Å²) in [6.07, 6.45) is 2.73. The van der Waals surface area contributed by atoms with Crippen LogP contribution in [0.1, 0.15) is 67.6 Å². The summed E-state index contributed by atoms with van der Waals surface area (Å²) in [7, 11) is 1.21. The van der Waals surface area contributed by atoms with Crippen molar-refractivity contribution in [2.45, 2.75) is 78.6 Å². The molecule has 0 unspecified atom stereocenters. The van der Waals surface area contributed by atoms with Crippen LogP contribution in [0.5, 0.6) is 0 Å². The number of carbonyl (C=O) groups is 3. The fourth-order valence-electron chi connectivity index (χ4n) is 5.33. The molecule has 1 aliphatic rings. The number of hydrogen-bond donors (Lipinski definition) is 3. The number of urea groups is 1. The van der Waals surface area contributed by atoms with Crippen LogP contribution in [0.25, 0.3) is 11.1 Å². The molecule has 0 saturated heterocycles. The number of benzene rings is 3. The monoisotopic (exact) mass is 621 g/mol. The first-order valence-electron chi connectivity index (χ1n) is 15.0. The lowest BCUT2D eigenvalue weighted by Crippen LogP contribution is -2.51. The van der Waals surface area contributed by atoms with Crippen molar-refractivity contribution in [3.8, 4) is 11.1 Å². The Balaban J connectivity index is 1.65. The maximum atomic E-state index is 14.1. The van der Waals surface area contributed by atoms with Crippen molar-refractivity contribution in [1.82, 2.24) is 5.32 Å². The highest BCUT2D eigenvalue weighted by Gasteiger charge is 2.32. The minimum absolute atomic E-state index is 0.0292. The molecule has 10 heteroatoms. The first kappa shape index (κ1) is 33.6. The summed E-state index contributed by atoms with van der Waals surface area (Å²) in [5.41, 5.74) is 3.94. The highest BCUT2D eigenvalue weighted by molar-refractivity contribution is 6.08. The molecule has 8 nitrogen and oxygen atoms in total. The van der Waals surface area contributed by atoms with Crippen LogP contribution < -0.4 is 16.0 Å².